The Morgan fingerprint density at radius 1 is 1.42 bits per heavy atom. The van der Waals surface area contributed by atoms with E-state index in [1.54, 1.807) is 0 Å². The number of aromatic amines is 1. The molecule has 1 aromatic carbocycles. The van der Waals surface area contributed by atoms with Crippen LogP contribution in [0.3, 0.4) is 0 Å². The standard InChI is InChI=1S/C13H9BrN2OS2/c1-18-13-15-10-9(6-19-11(10)12(17)16-13)7-3-2-4-8(14)5-7/h2-6H,1H3,(H,15,16,17). The Hall–Kier alpha value is -1.11. The molecule has 0 aliphatic rings. The topological polar surface area (TPSA) is 45.8 Å². The fourth-order valence-corrected chi connectivity index (χ4v) is 3.55. The molecule has 0 fully saturated rings. The highest BCUT2D eigenvalue weighted by atomic mass is 79.9. The van der Waals surface area contributed by atoms with Crippen LogP contribution in [-0.4, -0.2) is 16.2 Å². The molecule has 2 heterocycles. The van der Waals surface area contributed by atoms with Gasteiger partial charge in [0.15, 0.2) is 5.16 Å². The molecule has 0 unspecified atom stereocenters. The largest absolute Gasteiger partial charge is 0.300 e. The first-order valence-corrected chi connectivity index (χ1v) is 8.40. The van der Waals surface area contributed by atoms with Crippen LogP contribution in [0.4, 0.5) is 0 Å². The molecule has 3 aromatic rings. The molecule has 0 amide bonds. The lowest BCUT2D eigenvalue weighted by molar-refractivity contribution is 0.982. The van der Waals surface area contributed by atoms with E-state index in [0.29, 0.717) is 9.86 Å². The van der Waals surface area contributed by atoms with Crippen LogP contribution in [0.15, 0.2) is 44.1 Å². The van der Waals surface area contributed by atoms with Gasteiger partial charge in [-0.1, -0.05) is 39.8 Å². The summed E-state index contributed by atoms with van der Waals surface area (Å²) >= 11 is 6.33. The molecule has 3 rings (SSSR count). The van der Waals surface area contributed by atoms with E-state index in [2.05, 4.69) is 25.9 Å². The van der Waals surface area contributed by atoms with Gasteiger partial charge in [0.05, 0.1) is 5.52 Å². The third-order valence-electron chi connectivity index (χ3n) is 2.73. The summed E-state index contributed by atoms with van der Waals surface area (Å²) in [7, 11) is 0. The highest BCUT2D eigenvalue weighted by molar-refractivity contribution is 9.10. The van der Waals surface area contributed by atoms with Crippen molar-refractivity contribution < 1.29 is 0 Å². The molecule has 0 spiro atoms. The number of hydrogen-bond donors (Lipinski definition) is 1. The first-order valence-electron chi connectivity index (χ1n) is 5.50. The summed E-state index contributed by atoms with van der Waals surface area (Å²) in [5.74, 6) is 0. The lowest BCUT2D eigenvalue weighted by Crippen LogP contribution is -2.07. The molecule has 6 heteroatoms. The zero-order valence-corrected chi connectivity index (χ0v) is 13.2. The number of rotatable bonds is 2. The molecule has 0 saturated heterocycles. The summed E-state index contributed by atoms with van der Waals surface area (Å²) < 4.78 is 1.69. The molecule has 2 aromatic heterocycles. The number of thiophene rings is 1. The monoisotopic (exact) mass is 352 g/mol. The smallest absolute Gasteiger partial charge is 0.269 e. The number of benzene rings is 1. The fraction of sp³-hybridized carbons (Fsp3) is 0.0769. The Kier molecular flexibility index (Phi) is 3.47. The van der Waals surface area contributed by atoms with Crippen molar-refractivity contribution in [3.05, 3.63) is 44.5 Å². The van der Waals surface area contributed by atoms with E-state index in [4.69, 9.17) is 0 Å². The van der Waals surface area contributed by atoms with Crippen LogP contribution < -0.4 is 5.56 Å². The summed E-state index contributed by atoms with van der Waals surface area (Å²) in [4.78, 5) is 19.3. The van der Waals surface area contributed by atoms with Gasteiger partial charge in [-0.05, 0) is 24.0 Å². The fourth-order valence-electron chi connectivity index (χ4n) is 1.86. The zero-order valence-electron chi connectivity index (χ0n) is 9.94. The van der Waals surface area contributed by atoms with Crippen LogP contribution >= 0.6 is 39.0 Å². The lowest BCUT2D eigenvalue weighted by atomic mass is 10.1. The van der Waals surface area contributed by atoms with Gasteiger partial charge in [0.1, 0.15) is 4.70 Å². The van der Waals surface area contributed by atoms with E-state index in [-0.39, 0.29) is 5.56 Å². The first-order chi connectivity index (χ1) is 9.19. The highest BCUT2D eigenvalue weighted by Crippen LogP contribution is 2.32. The first kappa shape index (κ1) is 12.9. The Morgan fingerprint density at radius 2 is 2.26 bits per heavy atom. The van der Waals surface area contributed by atoms with Crippen LogP contribution in [0.2, 0.25) is 0 Å². The van der Waals surface area contributed by atoms with Crippen molar-refractivity contribution in [2.45, 2.75) is 5.16 Å². The number of aromatic nitrogens is 2. The summed E-state index contributed by atoms with van der Waals surface area (Å²) in [5, 5.41) is 2.63. The minimum absolute atomic E-state index is 0.0689. The van der Waals surface area contributed by atoms with E-state index in [1.807, 2.05) is 35.9 Å². The lowest BCUT2D eigenvalue weighted by Gasteiger charge is -2.01. The maximum Gasteiger partial charge on any atom is 0.269 e. The van der Waals surface area contributed by atoms with Gasteiger partial charge in [-0.2, -0.15) is 0 Å². The Bertz CT molecular complexity index is 810. The number of thioether (sulfide) groups is 1. The van der Waals surface area contributed by atoms with Crippen LogP contribution in [-0.2, 0) is 0 Å². The Balaban J connectivity index is 2.30. The zero-order chi connectivity index (χ0) is 13.4. The summed E-state index contributed by atoms with van der Waals surface area (Å²) in [6.45, 7) is 0. The molecule has 19 heavy (non-hydrogen) atoms. The predicted molar refractivity (Wildman–Crippen MR) is 85.2 cm³/mol. The number of fused-ring (bicyclic) bond motifs is 1. The molecule has 0 bridgehead atoms. The van der Waals surface area contributed by atoms with E-state index in [9.17, 15) is 4.79 Å². The highest BCUT2D eigenvalue weighted by Gasteiger charge is 2.12. The molecular formula is C13H9BrN2OS2. The second kappa shape index (κ2) is 5.11. The molecular weight excluding hydrogens is 344 g/mol. The molecule has 0 atom stereocenters. The molecule has 0 radical (unpaired) electrons. The normalized spacial score (nSPS) is 11.1. The Morgan fingerprint density at radius 3 is 3.00 bits per heavy atom. The van der Waals surface area contributed by atoms with Crippen molar-refractivity contribution in [1.82, 2.24) is 9.97 Å². The maximum atomic E-state index is 12.0. The van der Waals surface area contributed by atoms with Crippen molar-refractivity contribution in [3.63, 3.8) is 0 Å². The Labute approximate surface area is 126 Å². The van der Waals surface area contributed by atoms with Crippen molar-refractivity contribution >= 4 is 49.2 Å². The minimum atomic E-state index is -0.0689. The average molecular weight is 353 g/mol. The third kappa shape index (κ3) is 2.35. The van der Waals surface area contributed by atoms with Crippen LogP contribution in [0.25, 0.3) is 21.3 Å². The minimum Gasteiger partial charge on any atom is -0.300 e. The van der Waals surface area contributed by atoms with E-state index >= 15 is 0 Å². The maximum absolute atomic E-state index is 12.0. The average Bonchev–Trinajstić information content (AvgIpc) is 2.83. The number of nitrogens with one attached hydrogen (secondary N) is 1. The summed E-state index contributed by atoms with van der Waals surface area (Å²) in [6.07, 6.45) is 1.90. The van der Waals surface area contributed by atoms with Crippen molar-refractivity contribution in [2.75, 3.05) is 6.26 Å². The SMILES string of the molecule is CSc1nc2c(-c3cccc(Br)c3)csc2c(=O)[nH]1. The van der Waals surface area contributed by atoms with E-state index < -0.39 is 0 Å². The van der Waals surface area contributed by atoms with E-state index in [1.165, 1.54) is 23.1 Å². The number of hydrogen-bond acceptors (Lipinski definition) is 4. The molecule has 3 nitrogen and oxygen atoms in total. The van der Waals surface area contributed by atoms with Crippen molar-refractivity contribution in [1.29, 1.82) is 0 Å². The van der Waals surface area contributed by atoms with Crippen LogP contribution in [0.5, 0.6) is 0 Å². The van der Waals surface area contributed by atoms with E-state index in [0.717, 1.165) is 21.1 Å². The predicted octanol–water partition coefficient (Wildman–Crippen LogP) is 4.14. The van der Waals surface area contributed by atoms with Crippen LogP contribution in [0, 0.1) is 0 Å². The van der Waals surface area contributed by atoms with Gasteiger partial charge >= 0.3 is 0 Å². The number of halogens is 1. The quantitative estimate of drug-likeness (QED) is 0.556. The molecule has 0 aliphatic carbocycles. The third-order valence-corrected chi connectivity index (χ3v) is 4.78. The second-order valence-corrected chi connectivity index (χ2v) is 6.50. The van der Waals surface area contributed by atoms with Gasteiger partial charge in [0.25, 0.3) is 5.56 Å². The van der Waals surface area contributed by atoms with Crippen LogP contribution in [0.1, 0.15) is 0 Å². The van der Waals surface area contributed by atoms with Crippen molar-refractivity contribution in [2.24, 2.45) is 0 Å². The molecule has 0 aliphatic heterocycles. The summed E-state index contributed by atoms with van der Waals surface area (Å²) in [6, 6.07) is 8.01. The van der Waals surface area contributed by atoms with Gasteiger partial charge in [-0.25, -0.2) is 4.98 Å². The van der Waals surface area contributed by atoms with Gasteiger partial charge in [-0.3, -0.25) is 4.79 Å². The molecule has 0 saturated carbocycles. The van der Waals surface area contributed by atoms with Crippen molar-refractivity contribution in [3.8, 4) is 11.1 Å². The van der Waals surface area contributed by atoms with Gasteiger partial charge in [0, 0.05) is 15.4 Å². The molecule has 96 valence electrons. The van der Waals surface area contributed by atoms with Gasteiger partial charge in [-0.15, -0.1) is 11.3 Å². The number of nitrogens with zero attached hydrogens (tertiary/aromatic N) is 1. The second-order valence-electron chi connectivity index (χ2n) is 3.91. The molecule has 1 N–H and O–H groups in total. The summed E-state index contributed by atoms with van der Waals surface area (Å²) in [5.41, 5.74) is 2.77. The number of H-pyrrole nitrogens is 1. The van der Waals surface area contributed by atoms with Gasteiger partial charge in [0.2, 0.25) is 0 Å². The van der Waals surface area contributed by atoms with Gasteiger partial charge < -0.3 is 4.98 Å².